The molecule has 0 heterocycles. The van der Waals surface area contributed by atoms with Gasteiger partial charge in [-0.1, -0.05) is 0 Å². The van der Waals surface area contributed by atoms with E-state index in [0.29, 0.717) is 0 Å². The molecule has 0 aromatic carbocycles. The second-order valence-corrected chi connectivity index (χ2v) is 3.35. The molecule has 0 atom stereocenters. The van der Waals surface area contributed by atoms with Gasteiger partial charge in [-0.15, -0.1) is 0 Å². The van der Waals surface area contributed by atoms with Gasteiger partial charge in [-0.25, -0.2) is 4.79 Å². The maximum Gasteiger partial charge on any atom is 0.523 e. The predicted octanol–water partition coefficient (Wildman–Crippen LogP) is 0.0256. The van der Waals surface area contributed by atoms with E-state index in [0.717, 1.165) is 7.11 Å². The Balaban J connectivity index is 4.30. The van der Waals surface area contributed by atoms with E-state index in [1.807, 2.05) is 0 Å². The minimum Gasteiger partial charge on any atom is -0.467 e. The van der Waals surface area contributed by atoms with Gasteiger partial charge in [-0.05, 0) is 0 Å². The molecule has 0 radical (unpaired) electrons. The second kappa shape index (κ2) is 3.92. The summed E-state index contributed by atoms with van der Waals surface area (Å²) in [5.41, 5.74) is -5.53. The molecule has 0 rings (SSSR count). The summed E-state index contributed by atoms with van der Waals surface area (Å²) in [5, 5.41) is 0. The average molecular weight is 222 g/mol. The largest absolute Gasteiger partial charge is 0.523 e. The Bertz CT molecular complexity index is 279. The average Bonchev–Trinajstić information content (AvgIpc) is 1.98. The first-order valence-corrected chi connectivity index (χ1v) is 4.14. The Kier molecular flexibility index (Phi) is 3.67. The fourth-order valence-electron chi connectivity index (χ4n) is 0.251. The summed E-state index contributed by atoms with van der Waals surface area (Å²) in [5.74, 6) is -1.21. The topological polar surface area (TPSA) is 69.7 Å². The standard InChI is InChI=1S/C4H5F3O5S/c1-11-3(8)2-12-13(9,10)4(5,6)7/h2H2,1H3. The minimum atomic E-state index is -5.70. The highest BCUT2D eigenvalue weighted by Crippen LogP contribution is 2.24. The minimum absolute atomic E-state index is 0.881. The van der Waals surface area contributed by atoms with Crippen LogP contribution in [0.15, 0.2) is 0 Å². The molecule has 0 aromatic heterocycles. The van der Waals surface area contributed by atoms with Crippen molar-refractivity contribution in [1.82, 2.24) is 0 Å². The van der Waals surface area contributed by atoms with Gasteiger partial charge in [0, 0.05) is 0 Å². The molecular weight excluding hydrogens is 217 g/mol. The number of carbonyl (C=O) groups excluding carboxylic acids is 1. The lowest BCUT2D eigenvalue weighted by atomic mass is 10.8. The van der Waals surface area contributed by atoms with Crippen LogP contribution in [0.5, 0.6) is 0 Å². The molecule has 0 N–H and O–H groups in total. The first-order chi connectivity index (χ1) is 5.70. The predicted molar refractivity (Wildman–Crippen MR) is 32.9 cm³/mol. The van der Waals surface area contributed by atoms with E-state index in [2.05, 4.69) is 8.92 Å². The highest BCUT2D eigenvalue weighted by Gasteiger charge is 2.47. The summed E-state index contributed by atoms with van der Waals surface area (Å²) < 4.78 is 62.0. The van der Waals surface area contributed by atoms with Gasteiger partial charge in [-0.2, -0.15) is 21.6 Å². The summed E-state index contributed by atoms with van der Waals surface area (Å²) in [6, 6.07) is 0. The Labute approximate surface area is 71.6 Å². The molecule has 9 heteroatoms. The van der Waals surface area contributed by atoms with Gasteiger partial charge >= 0.3 is 21.6 Å². The number of rotatable bonds is 3. The van der Waals surface area contributed by atoms with Crippen LogP contribution in [0.2, 0.25) is 0 Å². The van der Waals surface area contributed by atoms with Crippen LogP contribution in [0.1, 0.15) is 0 Å². The highest BCUT2D eigenvalue weighted by molar-refractivity contribution is 7.87. The van der Waals surface area contributed by atoms with Crippen LogP contribution in [0.3, 0.4) is 0 Å². The molecule has 0 saturated carbocycles. The smallest absolute Gasteiger partial charge is 0.467 e. The van der Waals surface area contributed by atoms with Crippen molar-refractivity contribution in [3.63, 3.8) is 0 Å². The third-order valence-electron chi connectivity index (χ3n) is 0.843. The van der Waals surface area contributed by atoms with Gasteiger partial charge < -0.3 is 4.74 Å². The summed E-state index contributed by atoms with van der Waals surface area (Å²) >= 11 is 0. The summed E-state index contributed by atoms with van der Waals surface area (Å²) in [7, 11) is -4.82. The molecule has 0 fully saturated rings. The molecule has 78 valence electrons. The number of carbonyl (C=O) groups is 1. The summed E-state index contributed by atoms with van der Waals surface area (Å²) in [6.45, 7) is -1.29. The van der Waals surface area contributed by atoms with Crippen LogP contribution >= 0.6 is 0 Å². The fraction of sp³-hybridized carbons (Fsp3) is 0.750. The highest BCUT2D eigenvalue weighted by atomic mass is 32.2. The van der Waals surface area contributed by atoms with Crippen LogP contribution in [-0.4, -0.2) is 33.6 Å². The van der Waals surface area contributed by atoms with Crippen molar-refractivity contribution < 1.29 is 35.3 Å². The van der Waals surface area contributed by atoms with E-state index in [1.54, 1.807) is 0 Å². The van der Waals surface area contributed by atoms with Gasteiger partial charge in [0.1, 0.15) is 0 Å². The van der Waals surface area contributed by atoms with Crippen LogP contribution in [-0.2, 0) is 23.8 Å². The number of hydrogen-bond acceptors (Lipinski definition) is 5. The van der Waals surface area contributed by atoms with E-state index >= 15 is 0 Å². The summed E-state index contributed by atoms with van der Waals surface area (Å²) in [4.78, 5) is 10.2. The van der Waals surface area contributed by atoms with Crippen molar-refractivity contribution in [1.29, 1.82) is 0 Å². The third-order valence-corrected chi connectivity index (χ3v) is 1.84. The molecule has 0 amide bonds. The number of hydrogen-bond donors (Lipinski definition) is 0. The zero-order chi connectivity index (χ0) is 10.7. The second-order valence-electron chi connectivity index (χ2n) is 1.74. The number of esters is 1. The van der Waals surface area contributed by atoms with Crippen molar-refractivity contribution >= 4 is 16.1 Å². The van der Waals surface area contributed by atoms with E-state index in [1.165, 1.54) is 0 Å². The van der Waals surface area contributed by atoms with Crippen molar-refractivity contribution in [3.8, 4) is 0 Å². The van der Waals surface area contributed by atoms with Gasteiger partial charge in [0.2, 0.25) is 0 Å². The van der Waals surface area contributed by atoms with E-state index in [9.17, 15) is 26.4 Å². The van der Waals surface area contributed by atoms with Crippen molar-refractivity contribution in [2.24, 2.45) is 0 Å². The molecule has 0 aliphatic heterocycles. The van der Waals surface area contributed by atoms with Crippen LogP contribution < -0.4 is 0 Å². The van der Waals surface area contributed by atoms with Gasteiger partial charge in [0.15, 0.2) is 6.61 Å². The fourth-order valence-corrected chi connectivity index (χ4v) is 0.636. The molecule has 0 unspecified atom stereocenters. The first kappa shape index (κ1) is 12.2. The number of alkyl halides is 3. The van der Waals surface area contributed by atoms with Gasteiger partial charge in [-0.3, -0.25) is 4.18 Å². The van der Waals surface area contributed by atoms with Crippen molar-refractivity contribution in [3.05, 3.63) is 0 Å². The SMILES string of the molecule is COC(=O)COS(=O)(=O)C(F)(F)F. The van der Waals surface area contributed by atoms with Crippen molar-refractivity contribution in [2.45, 2.75) is 5.51 Å². The maximum atomic E-state index is 11.5. The lowest BCUT2D eigenvalue weighted by Crippen LogP contribution is -2.28. The Morgan fingerprint density at radius 2 is 1.85 bits per heavy atom. The zero-order valence-corrected chi connectivity index (χ0v) is 7.11. The number of halogens is 3. The molecule has 0 spiro atoms. The van der Waals surface area contributed by atoms with E-state index in [4.69, 9.17) is 0 Å². The Morgan fingerprint density at radius 3 is 2.15 bits per heavy atom. The van der Waals surface area contributed by atoms with Crippen LogP contribution in [0.25, 0.3) is 0 Å². The van der Waals surface area contributed by atoms with Crippen LogP contribution in [0.4, 0.5) is 13.2 Å². The molecule has 13 heavy (non-hydrogen) atoms. The number of ether oxygens (including phenoxy) is 1. The molecule has 0 aliphatic rings. The Hall–Kier alpha value is -0.830. The van der Waals surface area contributed by atoms with Gasteiger partial charge in [0.05, 0.1) is 7.11 Å². The molecule has 0 bridgehead atoms. The number of methoxy groups -OCH3 is 1. The van der Waals surface area contributed by atoms with E-state index < -0.39 is 28.2 Å². The first-order valence-electron chi connectivity index (χ1n) is 2.73. The molecular formula is C4H5F3O5S. The monoisotopic (exact) mass is 222 g/mol. The van der Waals surface area contributed by atoms with Crippen LogP contribution in [0, 0.1) is 0 Å². The molecule has 0 saturated heterocycles. The summed E-state index contributed by atoms with van der Waals surface area (Å²) in [6.07, 6.45) is 0. The lowest BCUT2D eigenvalue weighted by molar-refractivity contribution is -0.143. The quantitative estimate of drug-likeness (QED) is 0.382. The third kappa shape index (κ3) is 3.59. The van der Waals surface area contributed by atoms with Gasteiger partial charge in [0.25, 0.3) is 0 Å². The zero-order valence-electron chi connectivity index (χ0n) is 6.29. The molecule has 0 aliphatic carbocycles. The van der Waals surface area contributed by atoms with Crippen molar-refractivity contribution in [2.75, 3.05) is 13.7 Å². The molecule has 0 aromatic rings. The normalized spacial score (nSPS) is 12.6. The maximum absolute atomic E-state index is 11.5. The van der Waals surface area contributed by atoms with E-state index in [-0.39, 0.29) is 0 Å². The molecule has 5 nitrogen and oxygen atoms in total. The lowest BCUT2D eigenvalue weighted by Gasteiger charge is -2.06. The Morgan fingerprint density at radius 1 is 1.38 bits per heavy atom.